The van der Waals surface area contributed by atoms with Crippen LogP contribution in [0.4, 0.5) is 0 Å². The van der Waals surface area contributed by atoms with Crippen LogP contribution in [0, 0.1) is 0 Å². The van der Waals surface area contributed by atoms with Gasteiger partial charge in [0.15, 0.2) is 5.82 Å². The molecule has 20 heavy (non-hydrogen) atoms. The number of hydrogen-bond acceptors (Lipinski definition) is 4. The Hall–Kier alpha value is -1.76. The van der Waals surface area contributed by atoms with Crippen molar-refractivity contribution in [1.29, 1.82) is 0 Å². The summed E-state index contributed by atoms with van der Waals surface area (Å²) in [6, 6.07) is 7.94. The quantitative estimate of drug-likeness (QED) is 0.873. The molecule has 1 heterocycles. The highest BCUT2D eigenvalue weighted by Crippen LogP contribution is 2.15. The van der Waals surface area contributed by atoms with Gasteiger partial charge in [0.1, 0.15) is 0 Å². The molecule has 2 N–H and O–H groups in total. The Morgan fingerprint density at radius 2 is 2.05 bits per heavy atom. The molecule has 0 bridgehead atoms. The number of hydrogen-bond donors (Lipinski definition) is 2. The van der Waals surface area contributed by atoms with E-state index in [0.29, 0.717) is 18.7 Å². The predicted molar refractivity (Wildman–Crippen MR) is 77.8 cm³/mol. The van der Waals surface area contributed by atoms with Crippen LogP contribution >= 0.6 is 15.9 Å². The first-order valence-electron chi connectivity index (χ1n) is 6.27. The monoisotopic (exact) mass is 337 g/mol. The Kier molecular flexibility index (Phi) is 4.49. The second-order valence-electron chi connectivity index (χ2n) is 5.04. The molecule has 106 valence electrons. The van der Waals surface area contributed by atoms with E-state index in [4.69, 9.17) is 0 Å². The molecule has 1 aromatic heterocycles. The number of tetrazole rings is 1. The van der Waals surface area contributed by atoms with E-state index in [1.165, 1.54) is 0 Å². The number of aryl methyl sites for hydroxylation is 1. The lowest BCUT2D eigenvalue weighted by atomic mass is 10.0. The molecule has 1 aromatic carbocycles. The van der Waals surface area contributed by atoms with Crippen molar-refractivity contribution in [3.63, 3.8) is 0 Å². The normalized spacial score (nSPS) is 11.3. The lowest BCUT2D eigenvalue weighted by Gasteiger charge is -2.22. The van der Waals surface area contributed by atoms with Crippen LogP contribution in [0.2, 0.25) is 0 Å². The number of benzene rings is 1. The van der Waals surface area contributed by atoms with Crippen molar-refractivity contribution >= 4 is 21.8 Å². The molecule has 0 spiro atoms. The third kappa shape index (κ3) is 3.86. The van der Waals surface area contributed by atoms with E-state index in [1.807, 2.05) is 38.1 Å². The highest BCUT2D eigenvalue weighted by atomic mass is 79.9. The molecule has 0 saturated carbocycles. The van der Waals surface area contributed by atoms with Gasteiger partial charge in [-0.3, -0.25) is 4.79 Å². The summed E-state index contributed by atoms with van der Waals surface area (Å²) in [5, 5.41) is 16.6. The van der Waals surface area contributed by atoms with E-state index < -0.39 is 5.54 Å². The Labute approximate surface area is 125 Å². The van der Waals surface area contributed by atoms with E-state index >= 15 is 0 Å². The first-order valence-corrected chi connectivity index (χ1v) is 7.06. The summed E-state index contributed by atoms with van der Waals surface area (Å²) < 4.78 is 1.03. The molecule has 0 aliphatic carbocycles. The van der Waals surface area contributed by atoms with Crippen molar-refractivity contribution in [2.45, 2.75) is 32.2 Å². The van der Waals surface area contributed by atoms with Crippen LogP contribution in [0.5, 0.6) is 0 Å². The van der Waals surface area contributed by atoms with Gasteiger partial charge in [0, 0.05) is 10.9 Å². The molecule has 1 amide bonds. The van der Waals surface area contributed by atoms with Crippen molar-refractivity contribution in [3.05, 3.63) is 40.1 Å². The van der Waals surface area contributed by atoms with Crippen LogP contribution in [0.25, 0.3) is 0 Å². The van der Waals surface area contributed by atoms with Crippen molar-refractivity contribution < 1.29 is 4.79 Å². The fraction of sp³-hybridized carbons (Fsp3) is 0.385. The fourth-order valence-corrected chi connectivity index (χ4v) is 2.07. The smallest absolute Gasteiger partial charge is 0.221 e. The van der Waals surface area contributed by atoms with Crippen molar-refractivity contribution in [1.82, 2.24) is 25.9 Å². The first kappa shape index (κ1) is 14.6. The Bertz CT molecular complexity index is 565. The largest absolute Gasteiger partial charge is 0.344 e. The summed E-state index contributed by atoms with van der Waals surface area (Å²) in [5.41, 5.74) is 0.491. The van der Waals surface area contributed by atoms with Crippen LogP contribution in [0.1, 0.15) is 31.7 Å². The van der Waals surface area contributed by atoms with Gasteiger partial charge in [-0.2, -0.15) is 5.21 Å². The number of nitrogens with one attached hydrogen (secondary N) is 2. The number of carbonyl (C=O) groups is 1. The molecule has 7 heteroatoms. The lowest BCUT2D eigenvalue weighted by Crippen LogP contribution is -2.42. The van der Waals surface area contributed by atoms with Crippen molar-refractivity contribution in [3.8, 4) is 0 Å². The average molecular weight is 338 g/mol. The summed E-state index contributed by atoms with van der Waals surface area (Å²) >= 11 is 3.39. The van der Waals surface area contributed by atoms with E-state index in [-0.39, 0.29) is 5.91 Å². The third-order valence-electron chi connectivity index (χ3n) is 2.91. The maximum Gasteiger partial charge on any atom is 0.221 e. The molecule has 0 aliphatic rings. The summed E-state index contributed by atoms with van der Waals surface area (Å²) in [4.78, 5) is 12.0. The Morgan fingerprint density at radius 3 is 2.65 bits per heavy atom. The third-order valence-corrected chi connectivity index (χ3v) is 3.44. The van der Waals surface area contributed by atoms with Gasteiger partial charge in [-0.1, -0.05) is 33.3 Å². The topological polar surface area (TPSA) is 83.6 Å². The second kappa shape index (κ2) is 6.13. The van der Waals surface area contributed by atoms with Gasteiger partial charge in [0.2, 0.25) is 5.91 Å². The molecule has 0 fully saturated rings. The molecular weight excluding hydrogens is 322 g/mol. The van der Waals surface area contributed by atoms with E-state index in [0.717, 1.165) is 10.0 Å². The number of aromatic amines is 1. The summed E-state index contributed by atoms with van der Waals surface area (Å²) in [7, 11) is 0. The highest BCUT2D eigenvalue weighted by molar-refractivity contribution is 9.10. The van der Waals surface area contributed by atoms with Crippen molar-refractivity contribution in [2.75, 3.05) is 0 Å². The zero-order valence-electron chi connectivity index (χ0n) is 11.4. The number of aromatic nitrogens is 4. The molecule has 0 aliphatic heterocycles. The SMILES string of the molecule is CC(C)(NC(=O)CCc1ccc(Br)cc1)c1nn[nH]n1. The van der Waals surface area contributed by atoms with E-state index in [2.05, 4.69) is 41.9 Å². The number of nitrogens with zero attached hydrogens (tertiary/aromatic N) is 3. The minimum atomic E-state index is -0.635. The van der Waals surface area contributed by atoms with E-state index in [9.17, 15) is 4.79 Å². The molecule has 0 saturated heterocycles. The average Bonchev–Trinajstić information content (AvgIpc) is 2.92. The van der Waals surface area contributed by atoms with Crippen LogP contribution in [-0.2, 0) is 16.8 Å². The van der Waals surface area contributed by atoms with Crippen LogP contribution in [0.15, 0.2) is 28.7 Å². The van der Waals surface area contributed by atoms with Gasteiger partial charge in [0.25, 0.3) is 0 Å². The number of halogens is 1. The maximum absolute atomic E-state index is 12.0. The second-order valence-corrected chi connectivity index (χ2v) is 5.95. The number of carbonyl (C=O) groups excluding carboxylic acids is 1. The molecule has 0 unspecified atom stereocenters. The maximum atomic E-state index is 12.0. The zero-order valence-corrected chi connectivity index (χ0v) is 12.9. The minimum absolute atomic E-state index is 0.0391. The number of H-pyrrole nitrogens is 1. The minimum Gasteiger partial charge on any atom is -0.344 e. The summed E-state index contributed by atoms with van der Waals surface area (Å²) in [6.45, 7) is 3.69. The lowest BCUT2D eigenvalue weighted by molar-refractivity contribution is -0.122. The first-order chi connectivity index (χ1) is 9.47. The van der Waals surface area contributed by atoms with E-state index in [1.54, 1.807) is 0 Å². The molecule has 2 rings (SSSR count). The summed E-state index contributed by atoms with van der Waals surface area (Å²) in [5.74, 6) is 0.428. The van der Waals surface area contributed by atoms with Gasteiger partial charge in [-0.25, -0.2) is 0 Å². The van der Waals surface area contributed by atoms with Gasteiger partial charge in [-0.15, -0.1) is 10.2 Å². The van der Waals surface area contributed by atoms with Crippen LogP contribution in [-0.4, -0.2) is 26.5 Å². The molecular formula is C13H16BrN5O. The van der Waals surface area contributed by atoms with Gasteiger partial charge < -0.3 is 5.32 Å². The van der Waals surface area contributed by atoms with Gasteiger partial charge >= 0.3 is 0 Å². The van der Waals surface area contributed by atoms with Crippen LogP contribution in [0.3, 0.4) is 0 Å². The fourth-order valence-electron chi connectivity index (χ4n) is 1.80. The molecule has 2 aromatic rings. The Morgan fingerprint density at radius 1 is 1.35 bits per heavy atom. The number of rotatable bonds is 5. The standard InChI is InChI=1S/C13H16BrN5O/c1-13(2,12-16-18-19-17-12)15-11(20)8-5-9-3-6-10(14)7-4-9/h3-4,6-7H,5,8H2,1-2H3,(H,15,20)(H,16,17,18,19). The number of amides is 1. The highest BCUT2D eigenvalue weighted by Gasteiger charge is 2.27. The molecule has 6 nitrogen and oxygen atoms in total. The van der Waals surface area contributed by atoms with Crippen molar-refractivity contribution in [2.24, 2.45) is 0 Å². The predicted octanol–water partition coefficient (Wildman–Crippen LogP) is 1.95. The van der Waals surface area contributed by atoms with Crippen LogP contribution < -0.4 is 5.32 Å². The van der Waals surface area contributed by atoms with Gasteiger partial charge in [0.05, 0.1) is 5.54 Å². The summed E-state index contributed by atoms with van der Waals surface area (Å²) in [6.07, 6.45) is 1.12. The Balaban J connectivity index is 1.88. The molecule has 0 radical (unpaired) electrons. The molecule has 0 atom stereocenters. The van der Waals surface area contributed by atoms with Gasteiger partial charge in [-0.05, 0) is 38.0 Å². The zero-order chi connectivity index (χ0) is 14.6.